The fraction of sp³-hybridized carbons (Fsp3) is 0.412. The quantitative estimate of drug-likeness (QED) is 0.663. The van der Waals surface area contributed by atoms with Crippen molar-refractivity contribution in [3.05, 3.63) is 45.8 Å². The van der Waals surface area contributed by atoms with Gasteiger partial charge in [0.15, 0.2) is 5.69 Å². The number of aromatic nitrogens is 3. The highest BCUT2D eigenvalue weighted by atomic mass is 16.6. The summed E-state index contributed by atoms with van der Waals surface area (Å²) in [5, 5.41) is 31.1. The van der Waals surface area contributed by atoms with Crippen molar-refractivity contribution in [1.82, 2.24) is 20.3 Å². The Balaban J connectivity index is 1.87. The molecule has 1 aliphatic carbocycles. The van der Waals surface area contributed by atoms with Gasteiger partial charge in [0.05, 0.1) is 22.4 Å². The summed E-state index contributed by atoms with van der Waals surface area (Å²) in [6, 6.07) is 8.16. The summed E-state index contributed by atoms with van der Waals surface area (Å²) in [4.78, 5) is 23.1. The van der Waals surface area contributed by atoms with Crippen molar-refractivity contribution in [1.29, 1.82) is 5.26 Å². The van der Waals surface area contributed by atoms with E-state index in [1.165, 1.54) is 16.8 Å². The van der Waals surface area contributed by atoms with E-state index in [2.05, 4.69) is 21.7 Å². The molecule has 3 rings (SSSR count). The summed E-state index contributed by atoms with van der Waals surface area (Å²) >= 11 is 0. The molecule has 1 aliphatic rings. The topological polar surface area (TPSA) is 127 Å². The summed E-state index contributed by atoms with van der Waals surface area (Å²) in [6.07, 6.45) is 4.09. The second kappa shape index (κ2) is 6.92. The Labute approximate surface area is 149 Å². The Bertz CT molecular complexity index is 892. The van der Waals surface area contributed by atoms with Gasteiger partial charge in [0.2, 0.25) is 0 Å². The van der Waals surface area contributed by atoms with Crippen LogP contribution in [-0.2, 0) is 0 Å². The fourth-order valence-corrected chi connectivity index (χ4v) is 3.22. The zero-order valence-electron chi connectivity index (χ0n) is 14.3. The van der Waals surface area contributed by atoms with E-state index in [1.54, 1.807) is 19.1 Å². The lowest BCUT2D eigenvalue weighted by Gasteiger charge is -2.31. The molecule has 2 aromatic rings. The molecule has 1 saturated carbocycles. The van der Waals surface area contributed by atoms with Crippen molar-refractivity contribution in [3.8, 4) is 11.8 Å². The zero-order valence-corrected chi connectivity index (χ0v) is 14.3. The highest BCUT2D eigenvalue weighted by Crippen LogP contribution is 2.28. The summed E-state index contributed by atoms with van der Waals surface area (Å²) in [7, 11) is 0. The lowest BCUT2D eigenvalue weighted by molar-refractivity contribution is -0.384. The molecule has 1 heterocycles. The molecule has 0 radical (unpaired) electrons. The highest BCUT2D eigenvalue weighted by Gasteiger charge is 2.35. The first-order valence-electron chi connectivity index (χ1n) is 8.37. The predicted molar refractivity (Wildman–Crippen MR) is 91.6 cm³/mol. The second-order valence-corrected chi connectivity index (χ2v) is 6.42. The molecule has 1 aromatic heterocycles. The van der Waals surface area contributed by atoms with Crippen LogP contribution in [0.4, 0.5) is 5.69 Å². The summed E-state index contributed by atoms with van der Waals surface area (Å²) in [5.74, 6) is -0.456. The van der Waals surface area contributed by atoms with E-state index in [9.17, 15) is 20.2 Å². The molecule has 0 unspecified atom stereocenters. The molecule has 9 nitrogen and oxygen atoms in total. The number of nitro benzene ring substituents is 1. The van der Waals surface area contributed by atoms with Crippen LogP contribution in [0.1, 0.15) is 48.3 Å². The van der Waals surface area contributed by atoms with Crippen LogP contribution in [0.2, 0.25) is 0 Å². The molecule has 0 spiro atoms. The van der Waals surface area contributed by atoms with Crippen LogP contribution < -0.4 is 5.32 Å². The number of non-ortho nitro benzene ring substituents is 1. The maximum Gasteiger partial charge on any atom is 0.275 e. The van der Waals surface area contributed by atoms with Gasteiger partial charge in [-0.05, 0) is 25.8 Å². The van der Waals surface area contributed by atoms with E-state index in [0.29, 0.717) is 24.2 Å². The van der Waals surface area contributed by atoms with Gasteiger partial charge in [-0.1, -0.05) is 30.5 Å². The molecule has 134 valence electrons. The first kappa shape index (κ1) is 17.5. The number of hydrogen-bond donors (Lipinski definition) is 1. The molecule has 9 heteroatoms. The third kappa shape index (κ3) is 3.26. The maximum atomic E-state index is 12.6. The lowest BCUT2D eigenvalue weighted by Crippen LogP contribution is -2.48. The van der Waals surface area contributed by atoms with Crippen LogP contribution in [0.3, 0.4) is 0 Å². The van der Waals surface area contributed by atoms with E-state index in [-0.39, 0.29) is 11.4 Å². The van der Waals surface area contributed by atoms with Crippen LogP contribution in [0.25, 0.3) is 5.69 Å². The first-order chi connectivity index (χ1) is 12.5. The number of amides is 1. The van der Waals surface area contributed by atoms with Gasteiger partial charge in [-0.2, -0.15) is 5.26 Å². The summed E-state index contributed by atoms with van der Waals surface area (Å²) in [5.41, 5.74) is 0.0606. The van der Waals surface area contributed by atoms with Crippen LogP contribution in [0.15, 0.2) is 24.3 Å². The minimum absolute atomic E-state index is 0.0750. The van der Waals surface area contributed by atoms with Crippen molar-refractivity contribution >= 4 is 11.6 Å². The van der Waals surface area contributed by atoms with Gasteiger partial charge in [0, 0.05) is 12.1 Å². The normalized spacial score (nSPS) is 15.8. The van der Waals surface area contributed by atoms with Crippen LogP contribution in [0.5, 0.6) is 0 Å². The Hall–Kier alpha value is -3.28. The SMILES string of the molecule is Cc1c(C(=O)NC2(C#N)CCCCC2)nnn1-c1cccc([N+](=O)[O-])c1. The lowest BCUT2D eigenvalue weighted by atomic mass is 9.83. The number of benzene rings is 1. The Kier molecular flexibility index (Phi) is 4.67. The van der Waals surface area contributed by atoms with Gasteiger partial charge in [-0.3, -0.25) is 14.9 Å². The number of nitrogens with zero attached hydrogens (tertiary/aromatic N) is 5. The number of nitriles is 1. The smallest absolute Gasteiger partial charge is 0.275 e. The summed E-state index contributed by atoms with van der Waals surface area (Å²) < 4.78 is 1.38. The van der Waals surface area contributed by atoms with Crippen molar-refractivity contribution in [3.63, 3.8) is 0 Å². The Morgan fingerprint density at radius 2 is 2.12 bits per heavy atom. The van der Waals surface area contributed by atoms with Gasteiger partial charge in [0.25, 0.3) is 11.6 Å². The molecule has 0 bridgehead atoms. The fourth-order valence-electron chi connectivity index (χ4n) is 3.22. The number of carbonyl (C=O) groups excluding carboxylic acids is 1. The highest BCUT2D eigenvalue weighted by molar-refractivity contribution is 5.94. The molecule has 1 N–H and O–H groups in total. The standard InChI is InChI=1S/C17H18N6O3/c1-12-15(16(24)19-17(11-18)8-3-2-4-9-17)20-21-22(12)13-6-5-7-14(10-13)23(25)26/h5-7,10H,2-4,8-9H2,1H3,(H,19,24). The van der Waals surface area contributed by atoms with Crippen LogP contribution in [0, 0.1) is 28.4 Å². The van der Waals surface area contributed by atoms with E-state index in [4.69, 9.17) is 0 Å². The minimum Gasteiger partial charge on any atom is -0.332 e. The third-order valence-electron chi connectivity index (χ3n) is 4.67. The van der Waals surface area contributed by atoms with Crippen molar-refractivity contribution < 1.29 is 9.72 Å². The van der Waals surface area contributed by atoms with Crippen LogP contribution >= 0.6 is 0 Å². The molecule has 1 fully saturated rings. The number of nitro groups is 1. The first-order valence-corrected chi connectivity index (χ1v) is 8.37. The van der Waals surface area contributed by atoms with Crippen molar-refractivity contribution in [2.24, 2.45) is 0 Å². The maximum absolute atomic E-state index is 12.6. The molecule has 1 aromatic carbocycles. The molecule has 0 aliphatic heterocycles. The largest absolute Gasteiger partial charge is 0.332 e. The zero-order chi connectivity index (χ0) is 18.7. The van der Waals surface area contributed by atoms with E-state index < -0.39 is 16.4 Å². The van der Waals surface area contributed by atoms with E-state index >= 15 is 0 Å². The number of rotatable bonds is 4. The molecular formula is C17H18N6O3. The average Bonchev–Trinajstić information content (AvgIpc) is 3.04. The van der Waals surface area contributed by atoms with Gasteiger partial charge in [-0.25, -0.2) is 4.68 Å². The second-order valence-electron chi connectivity index (χ2n) is 6.42. The molecule has 0 saturated heterocycles. The number of hydrogen-bond acceptors (Lipinski definition) is 6. The Morgan fingerprint density at radius 1 is 1.38 bits per heavy atom. The number of carbonyl (C=O) groups is 1. The molecule has 0 atom stereocenters. The van der Waals surface area contributed by atoms with Gasteiger partial charge >= 0.3 is 0 Å². The van der Waals surface area contributed by atoms with Crippen molar-refractivity contribution in [2.75, 3.05) is 0 Å². The van der Waals surface area contributed by atoms with E-state index in [0.717, 1.165) is 19.3 Å². The van der Waals surface area contributed by atoms with Gasteiger partial charge in [-0.15, -0.1) is 5.10 Å². The monoisotopic (exact) mass is 354 g/mol. The van der Waals surface area contributed by atoms with Crippen molar-refractivity contribution in [2.45, 2.75) is 44.6 Å². The van der Waals surface area contributed by atoms with Gasteiger partial charge in [0.1, 0.15) is 5.54 Å². The van der Waals surface area contributed by atoms with E-state index in [1.807, 2.05) is 0 Å². The molecule has 1 amide bonds. The Morgan fingerprint density at radius 3 is 2.77 bits per heavy atom. The molecular weight excluding hydrogens is 336 g/mol. The predicted octanol–water partition coefficient (Wildman–Crippen LogP) is 2.44. The third-order valence-corrected chi connectivity index (χ3v) is 4.67. The number of nitrogens with one attached hydrogen (secondary N) is 1. The molecule has 26 heavy (non-hydrogen) atoms. The minimum atomic E-state index is -0.864. The summed E-state index contributed by atoms with van der Waals surface area (Å²) in [6.45, 7) is 1.66. The van der Waals surface area contributed by atoms with Crippen LogP contribution in [-0.4, -0.2) is 31.4 Å². The average molecular weight is 354 g/mol. The van der Waals surface area contributed by atoms with Gasteiger partial charge < -0.3 is 5.32 Å².